The van der Waals surface area contributed by atoms with E-state index < -0.39 is 0 Å². The van der Waals surface area contributed by atoms with Crippen molar-refractivity contribution in [1.29, 1.82) is 0 Å². The number of hydrogen-bond acceptors (Lipinski definition) is 3. The van der Waals surface area contributed by atoms with Gasteiger partial charge in [0, 0.05) is 17.3 Å². The minimum atomic E-state index is 0.757. The highest BCUT2D eigenvalue weighted by Gasteiger charge is 2.02. The van der Waals surface area contributed by atoms with E-state index in [2.05, 4.69) is 9.97 Å². The van der Waals surface area contributed by atoms with Crippen LogP contribution in [0.25, 0.3) is 0 Å². The smallest absolute Gasteiger partial charge is 0.177 e. The Morgan fingerprint density at radius 2 is 2.54 bits per heavy atom. The van der Waals surface area contributed by atoms with Crippen LogP contribution in [-0.4, -0.2) is 14.5 Å². The molecule has 2 aromatic heterocycles. The number of aryl methyl sites for hydroxylation is 1. The van der Waals surface area contributed by atoms with Crippen LogP contribution in [-0.2, 0) is 6.54 Å². The molecule has 0 saturated carbocycles. The van der Waals surface area contributed by atoms with Gasteiger partial charge in [-0.15, -0.1) is 11.3 Å². The highest BCUT2D eigenvalue weighted by Crippen LogP contribution is 2.13. The minimum Gasteiger partial charge on any atom is -0.337 e. The predicted molar refractivity (Wildman–Crippen MR) is 55.6 cm³/mol. The quantitative estimate of drug-likeness (QED) is 0.774. The Labute approximate surface area is 85.1 Å². The second kappa shape index (κ2) is 3.43. The summed E-state index contributed by atoms with van der Waals surface area (Å²) in [5.41, 5.74) is 2.95. The Bertz CT molecular complexity index is 452. The predicted octanol–water partition coefficient (Wildman–Crippen LogP) is 2.36. The average Bonchev–Trinajstić information content (AvgIpc) is 2.65. The van der Waals surface area contributed by atoms with Crippen LogP contribution in [0.15, 0.2) is 17.9 Å². The zero-order valence-corrected chi connectivity index (χ0v) is 8.78. The fourth-order valence-corrected chi connectivity index (χ4v) is 2.07. The van der Waals surface area contributed by atoms with Crippen LogP contribution >= 0.6 is 23.6 Å². The Balaban J connectivity index is 2.29. The summed E-state index contributed by atoms with van der Waals surface area (Å²) >= 11 is 6.76. The van der Waals surface area contributed by atoms with Gasteiger partial charge in [0.2, 0.25) is 0 Å². The standard InChI is InChI=1S/C8H9N3S2/c1-6-7(13-5-10-6)4-11-3-2-9-8(11)12/h2-3,5H,4H2,1H3,(H,9,12). The van der Waals surface area contributed by atoms with Gasteiger partial charge in [-0.1, -0.05) is 0 Å². The second-order valence-electron chi connectivity index (χ2n) is 2.75. The molecule has 3 nitrogen and oxygen atoms in total. The molecule has 2 heterocycles. The molecule has 0 aliphatic carbocycles. The molecular weight excluding hydrogens is 202 g/mol. The Morgan fingerprint density at radius 3 is 3.08 bits per heavy atom. The topological polar surface area (TPSA) is 33.6 Å². The molecule has 0 aromatic carbocycles. The number of hydrogen-bond donors (Lipinski definition) is 1. The van der Waals surface area contributed by atoms with Crippen LogP contribution < -0.4 is 0 Å². The van der Waals surface area contributed by atoms with E-state index >= 15 is 0 Å². The lowest BCUT2D eigenvalue weighted by molar-refractivity contribution is 0.789. The van der Waals surface area contributed by atoms with Gasteiger partial charge < -0.3 is 9.55 Å². The van der Waals surface area contributed by atoms with Gasteiger partial charge in [-0.25, -0.2) is 4.98 Å². The van der Waals surface area contributed by atoms with Gasteiger partial charge in [-0.2, -0.15) is 0 Å². The van der Waals surface area contributed by atoms with Crippen molar-refractivity contribution in [2.75, 3.05) is 0 Å². The lowest BCUT2D eigenvalue weighted by atomic mass is 10.4. The number of aromatic amines is 1. The molecule has 0 atom stereocenters. The van der Waals surface area contributed by atoms with Gasteiger partial charge in [-0.3, -0.25) is 0 Å². The summed E-state index contributed by atoms with van der Waals surface area (Å²) in [5, 5.41) is 0. The molecule has 1 N–H and O–H groups in total. The number of rotatable bonds is 2. The van der Waals surface area contributed by atoms with Crippen molar-refractivity contribution in [3.63, 3.8) is 0 Å². The van der Waals surface area contributed by atoms with Gasteiger partial charge in [0.05, 0.1) is 17.7 Å². The number of nitrogens with one attached hydrogen (secondary N) is 1. The van der Waals surface area contributed by atoms with E-state index in [1.807, 2.05) is 29.4 Å². The van der Waals surface area contributed by atoms with Crippen LogP contribution in [0.4, 0.5) is 0 Å². The van der Waals surface area contributed by atoms with Gasteiger partial charge in [0.1, 0.15) is 0 Å². The van der Waals surface area contributed by atoms with Crippen molar-refractivity contribution < 1.29 is 0 Å². The van der Waals surface area contributed by atoms with Crippen molar-refractivity contribution in [2.45, 2.75) is 13.5 Å². The molecule has 0 unspecified atom stereocenters. The van der Waals surface area contributed by atoms with Crippen LogP contribution in [0.2, 0.25) is 0 Å². The normalized spacial score (nSPS) is 10.5. The molecule has 0 radical (unpaired) electrons. The summed E-state index contributed by atoms with van der Waals surface area (Å²) in [4.78, 5) is 8.41. The maximum atomic E-state index is 5.09. The summed E-state index contributed by atoms with van der Waals surface area (Å²) in [5.74, 6) is 0. The summed E-state index contributed by atoms with van der Waals surface area (Å²) in [6.07, 6.45) is 3.79. The van der Waals surface area contributed by atoms with Crippen LogP contribution in [0.1, 0.15) is 10.6 Å². The molecule has 68 valence electrons. The number of imidazole rings is 1. The largest absolute Gasteiger partial charge is 0.337 e. The highest BCUT2D eigenvalue weighted by molar-refractivity contribution is 7.71. The van der Waals surface area contributed by atoms with Crippen molar-refractivity contribution in [3.05, 3.63) is 33.2 Å². The van der Waals surface area contributed by atoms with Crippen molar-refractivity contribution in [3.8, 4) is 0 Å². The molecular formula is C8H9N3S2. The maximum absolute atomic E-state index is 5.09. The highest BCUT2D eigenvalue weighted by atomic mass is 32.1. The third kappa shape index (κ3) is 1.71. The third-order valence-electron chi connectivity index (χ3n) is 1.88. The van der Waals surface area contributed by atoms with Gasteiger partial charge >= 0.3 is 0 Å². The van der Waals surface area contributed by atoms with Crippen LogP contribution in [0.5, 0.6) is 0 Å². The van der Waals surface area contributed by atoms with Gasteiger partial charge in [0.25, 0.3) is 0 Å². The van der Waals surface area contributed by atoms with E-state index in [1.54, 1.807) is 11.3 Å². The van der Waals surface area contributed by atoms with Crippen molar-refractivity contribution >= 4 is 23.6 Å². The zero-order chi connectivity index (χ0) is 9.26. The summed E-state index contributed by atoms with van der Waals surface area (Å²) in [6, 6.07) is 0. The van der Waals surface area contributed by atoms with Crippen LogP contribution in [0, 0.1) is 11.7 Å². The van der Waals surface area contributed by atoms with E-state index in [-0.39, 0.29) is 0 Å². The molecule has 2 aromatic rings. The second-order valence-corrected chi connectivity index (χ2v) is 4.08. The van der Waals surface area contributed by atoms with Crippen molar-refractivity contribution in [1.82, 2.24) is 14.5 Å². The molecule has 2 rings (SSSR count). The molecule has 0 aliphatic rings. The molecule has 0 amide bonds. The third-order valence-corrected chi connectivity index (χ3v) is 3.15. The summed E-state index contributed by atoms with van der Waals surface area (Å²) in [6.45, 7) is 2.83. The molecule has 0 saturated heterocycles. The molecule has 13 heavy (non-hydrogen) atoms. The maximum Gasteiger partial charge on any atom is 0.177 e. The molecule has 0 bridgehead atoms. The summed E-state index contributed by atoms with van der Waals surface area (Å²) in [7, 11) is 0. The first-order valence-corrected chi connectivity index (χ1v) is 5.19. The molecule has 5 heteroatoms. The molecule has 0 spiro atoms. The Morgan fingerprint density at radius 1 is 1.69 bits per heavy atom. The van der Waals surface area contributed by atoms with E-state index in [4.69, 9.17) is 12.2 Å². The first-order chi connectivity index (χ1) is 6.27. The van der Waals surface area contributed by atoms with E-state index in [9.17, 15) is 0 Å². The fraction of sp³-hybridized carbons (Fsp3) is 0.250. The minimum absolute atomic E-state index is 0.757. The summed E-state index contributed by atoms with van der Waals surface area (Å²) < 4.78 is 2.75. The number of nitrogens with zero attached hydrogens (tertiary/aromatic N) is 2. The number of aromatic nitrogens is 3. The lowest BCUT2D eigenvalue weighted by Gasteiger charge is -1.99. The molecule has 0 fully saturated rings. The van der Waals surface area contributed by atoms with E-state index in [0.717, 1.165) is 17.0 Å². The fourth-order valence-electron chi connectivity index (χ4n) is 1.11. The van der Waals surface area contributed by atoms with E-state index in [1.165, 1.54) is 4.88 Å². The average molecular weight is 211 g/mol. The Kier molecular flexibility index (Phi) is 2.28. The first kappa shape index (κ1) is 8.65. The van der Waals surface area contributed by atoms with Crippen LogP contribution in [0.3, 0.4) is 0 Å². The monoisotopic (exact) mass is 211 g/mol. The number of thiazole rings is 1. The first-order valence-electron chi connectivity index (χ1n) is 3.90. The number of H-pyrrole nitrogens is 1. The van der Waals surface area contributed by atoms with Gasteiger partial charge in [-0.05, 0) is 19.1 Å². The van der Waals surface area contributed by atoms with Gasteiger partial charge in [0.15, 0.2) is 4.77 Å². The van der Waals surface area contributed by atoms with E-state index in [0.29, 0.717) is 0 Å². The lowest BCUT2D eigenvalue weighted by Crippen LogP contribution is -1.97. The SMILES string of the molecule is Cc1ncsc1Cn1cc[nH]c1=S. The Hall–Kier alpha value is -0.940. The zero-order valence-electron chi connectivity index (χ0n) is 7.15. The molecule has 0 aliphatic heterocycles. The van der Waals surface area contributed by atoms with Crippen molar-refractivity contribution in [2.24, 2.45) is 0 Å².